The molecular weight excluding hydrogens is 264 g/mol. The Kier molecular flexibility index (Phi) is 2.78. The minimum Gasteiger partial charge on any atom is -0.290 e. The molecule has 2 nitrogen and oxygen atoms in total. The zero-order valence-corrected chi connectivity index (χ0v) is 11.8. The summed E-state index contributed by atoms with van der Waals surface area (Å²) in [5, 5.41) is 2.20. The van der Waals surface area contributed by atoms with E-state index >= 15 is 0 Å². The van der Waals surface area contributed by atoms with Crippen LogP contribution < -0.4 is 0 Å². The molecule has 0 atom stereocenters. The molecule has 0 aliphatic heterocycles. The summed E-state index contributed by atoms with van der Waals surface area (Å²) >= 11 is 1.70. The first-order valence-electron chi connectivity index (χ1n) is 6.79. The van der Waals surface area contributed by atoms with Crippen molar-refractivity contribution >= 4 is 27.4 Å². The molecule has 1 aromatic carbocycles. The maximum Gasteiger partial charge on any atom is 0.194 e. The molecule has 98 valence electrons. The van der Waals surface area contributed by atoms with Gasteiger partial charge in [-0.25, -0.2) is 4.98 Å². The zero-order chi connectivity index (χ0) is 13.4. The first-order valence-corrected chi connectivity index (χ1v) is 7.67. The number of fused-ring (bicyclic) bond motifs is 1. The number of allylic oxidation sites excluding steroid dienone is 4. The normalized spacial score (nSPS) is 15.2. The largest absolute Gasteiger partial charge is 0.290 e. The van der Waals surface area contributed by atoms with Crippen molar-refractivity contribution in [2.75, 3.05) is 0 Å². The van der Waals surface area contributed by atoms with Crippen LogP contribution in [0.25, 0.3) is 16.1 Å². The zero-order valence-electron chi connectivity index (χ0n) is 11.0. The van der Waals surface area contributed by atoms with Crippen LogP contribution in [0.1, 0.15) is 24.1 Å². The standard InChI is InChI=1S/C17H14N2S/c1-2-6-13(7-3-1)14-8-4-5-9-15(14)16-12-20-17-18-10-11-19(16)17/h1-3,5-7,9-12H,4,8H2. The monoisotopic (exact) mass is 278 g/mol. The van der Waals surface area contributed by atoms with Gasteiger partial charge in [-0.05, 0) is 24.0 Å². The van der Waals surface area contributed by atoms with Crippen molar-refractivity contribution in [3.8, 4) is 0 Å². The van der Waals surface area contributed by atoms with E-state index in [4.69, 9.17) is 0 Å². The Balaban J connectivity index is 1.95. The lowest BCUT2D eigenvalue weighted by atomic mass is 9.90. The highest BCUT2D eigenvalue weighted by atomic mass is 32.1. The van der Waals surface area contributed by atoms with Gasteiger partial charge < -0.3 is 0 Å². The van der Waals surface area contributed by atoms with E-state index in [9.17, 15) is 0 Å². The molecule has 20 heavy (non-hydrogen) atoms. The number of benzene rings is 1. The molecule has 0 radical (unpaired) electrons. The molecule has 2 heterocycles. The Morgan fingerprint density at radius 1 is 1.15 bits per heavy atom. The number of rotatable bonds is 2. The van der Waals surface area contributed by atoms with Gasteiger partial charge in [-0.15, -0.1) is 11.3 Å². The molecule has 0 N–H and O–H groups in total. The second-order valence-electron chi connectivity index (χ2n) is 4.90. The highest BCUT2D eigenvalue weighted by molar-refractivity contribution is 7.15. The molecule has 0 saturated heterocycles. The minimum absolute atomic E-state index is 1.05. The lowest BCUT2D eigenvalue weighted by molar-refractivity contribution is 1.05. The number of nitrogens with zero attached hydrogens (tertiary/aromatic N) is 2. The molecular formula is C17H14N2S. The molecule has 0 amide bonds. The maximum atomic E-state index is 4.37. The molecule has 0 bridgehead atoms. The van der Waals surface area contributed by atoms with Gasteiger partial charge in [0.25, 0.3) is 0 Å². The van der Waals surface area contributed by atoms with Gasteiger partial charge in [-0.1, -0.05) is 42.5 Å². The topological polar surface area (TPSA) is 17.3 Å². The first kappa shape index (κ1) is 11.7. The smallest absolute Gasteiger partial charge is 0.194 e. The fourth-order valence-corrected chi connectivity index (χ4v) is 3.61. The number of imidazole rings is 1. The highest BCUT2D eigenvalue weighted by Gasteiger charge is 2.15. The van der Waals surface area contributed by atoms with Crippen molar-refractivity contribution in [3.63, 3.8) is 0 Å². The molecule has 2 aromatic heterocycles. The van der Waals surface area contributed by atoms with E-state index in [1.807, 2.05) is 12.4 Å². The van der Waals surface area contributed by atoms with Crippen LogP contribution in [0.2, 0.25) is 0 Å². The predicted molar refractivity (Wildman–Crippen MR) is 84.7 cm³/mol. The third-order valence-electron chi connectivity index (χ3n) is 3.71. The number of hydrogen-bond acceptors (Lipinski definition) is 2. The second kappa shape index (κ2) is 4.76. The van der Waals surface area contributed by atoms with Gasteiger partial charge in [0.1, 0.15) is 0 Å². The third-order valence-corrected chi connectivity index (χ3v) is 4.57. The Labute approximate surface area is 121 Å². The van der Waals surface area contributed by atoms with Gasteiger partial charge in [-0.3, -0.25) is 4.40 Å². The Morgan fingerprint density at radius 3 is 2.95 bits per heavy atom. The summed E-state index contributed by atoms with van der Waals surface area (Å²) in [6, 6.07) is 10.7. The molecule has 1 aliphatic rings. The van der Waals surface area contributed by atoms with Crippen molar-refractivity contribution in [1.29, 1.82) is 0 Å². The summed E-state index contributed by atoms with van der Waals surface area (Å²) in [5.74, 6) is 0. The highest BCUT2D eigenvalue weighted by Crippen LogP contribution is 2.35. The number of hydrogen-bond donors (Lipinski definition) is 0. The molecule has 0 unspecified atom stereocenters. The summed E-state index contributed by atoms with van der Waals surface area (Å²) in [7, 11) is 0. The average molecular weight is 278 g/mol. The van der Waals surface area contributed by atoms with Gasteiger partial charge in [0.05, 0.1) is 5.69 Å². The Morgan fingerprint density at radius 2 is 2.05 bits per heavy atom. The lowest BCUT2D eigenvalue weighted by Gasteiger charge is -2.16. The van der Waals surface area contributed by atoms with Crippen LogP contribution in [0.4, 0.5) is 0 Å². The van der Waals surface area contributed by atoms with Gasteiger partial charge >= 0.3 is 0 Å². The summed E-state index contributed by atoms with van der Waals surface area (Å²) in [4.78, 5) is 5.42. The van der Waals surface area contributed by atoms with Gasteiger partial charge in [0.15, 0.2) is 4.96 Å². The fraction of sp³-hybridized carbons (Fsp3) is 0.118. The van der Waals surface area contributed by atoms with E-state index < -0.39 is 0 Å². The van der Waals surface area contributed by atoms with E-state index in [1.165, 1.54) is 22.4 Å². The van der Waals surface area contributed by atoms with Crippen molar-refractivity contribution in [2.24, 2.45) is 0 Å². The molecule has 1 aliphatic carbocycles. The predicted octanol–water partition coefficient (Wildman–Crippen LogP) is 4.66. The van der Waals surface area contributed by atoms with Crippen LogP contribution in [0, 0.1) is 0 Å². The van der Waals surface area contributed by atoms with Crippen LogP contribution in [-0.4, -0.2) is 9.38 Å². The molecule has 0 spiro atoms. The third kappa shape index (κ3) is 1.82. The van der Waals surface area contributed by atoms with E-state index in [1.54, 1.807) is 11.3 Å². The van der Waals surface area contributed by atoms with Gasteiger partial charge in [0, 0.05) is 23.3 Å². The number of thiazole rings is 1. The molecule has 0 fully saturated rings. The Bertz CT molecular complexity index is 806. The van der Waals surface area contributed by atoms with E-state index in [2.05, 4.69) is 57.2 Å². The SMILES string of the molecule is C1=CC(c2csc3nccn23)=C(c2ccccc2)CC1. The van der Waals surface area contributed by atoms with Crippen LogP contribution >= 0.6 is 11.3 Å². The number of aromatic nitrogens is 2. The average Bonchev–Trinajstić information content (AvgIpc) is 3.11. The van der Waals surface area contributed by atoms with Crippen molar-refractivity contribution in [1.82, 2.24) is 9.38 Å². The van der Waals surface area contributed by atoms with Crippen LogP contribution in [0.3, 0.4) is 0 Å². The van der Waals surface area contributed by atoms with E-state index in [-0.39, 0.29) is 0 Å². The Hall–Kier alpha value is -2.13. The van der Waals surface area contributed by atoms with Crippen molar-refractivity contribution in [2.45, 2.75) is 12.8 Å². The lowest BCUT2D eigenvalue weighted by Crippen LogP contribution is -1.97. The van der Waals surface area contributed by atoms with Crippen molar-refractivity contribution in [3.05, 3.63) is 71.5 Å². The van der Waals surface area contributed by atoms with Gasteiger partial charge in [0.2, 0.25) is 0 Å². The van der Waals surface area contributed by atoms with Gasteiger partial charge in [-0.2, -0.15) is 0 Å². The minimum atomic E-state index is 1.05. The quantitative estimate of drug-likeness (QED) is 0.666. The van der Waals surface area contributed by atoms with Crippen LogP contribution in [0.15, 0.2) is 60.3 Å². The second-order valence-corrected chi connectivity index (χ2v) is 5.74. The molecule has 4 rings (SSSR count). The van der Waals surface area contributed by atoms with E-state index in [0.717, 1.165) is 17.8 Å². The van der Waals surface area contributed by atoms with E-state index in [0.29, 0.717) is 0 Å². The summed E-state index contributed by atoms with van der Waals surface area (Å²) in [6.45, 7) is 0. The summed E-state index contributed by atoms with van der Waals surface area (Å²) < 4.78 is 2.18. The van der Waals surface area contributed by atoms with Crippen molar-refractivity contribution < 1.29 is 0 Å². The first-order chi connectivity index (χ1) is 9.93. The molecule has 3 heteroatoms. The fourth-order valence-electron chi connectivity index (χ4n) is 2.76. The summed E-state index contributed by atoms with van der Waals surface area (Å²) in [6.07, 6.45) is 10.6. The molecule has 3 aromatic rings. The summed E-state index contributed by atoms with van der Waals surface area (Å²) in [5.41, 5.74) is 5.33. The maximum absolute atomic E-state index is 4.37. The molecule has 0 saturated carbocycles. The van der Waals surface area contributed by atoms with Crippen LogP contribution in [0.5, 0.6) is 0 Å². The van der Waals surface area contributed by atoms with Crippen LogP contribution in [-0.2, 0) is 0 Å².